The molecule has 4 rings (SSSR count). The molecule has 2 aromatic heterocycles. The molecule has 0 aliphatic heterocycles. The lowest BCUT2D eigenvalue weighted by atomic mass is 10.2. The van der Waals surface area contributed by atoms with Crippen LogP contribution in [0.2, 0.25) is 5.02 Å². The number of nitrogens with zero attached hydrogens (tertiary/aromatic N) is 2. The molecule has 3 nitrogen and oxygen atoms in total. The number of rotatable bonds is 2. The van der Waals surface area contributed by atoms with Crippen LogP contribution in [0.25, 0.3) is 21.1 Å². The molecule has 0 saturated heterocycles. The lowest BCUT2D eigenvalue weighted by molar-refractivity contribution is 1.39. The second-order valence-corrected chi connectivity index (χ2v) is 6.04. The first-order chi connectivity index (χ1) is 10.3. The number of halogens is 1. The highest BCUT2D eigenvalue weighted by molar-refractivity contribution is 7.22. The van der Waals surface area contributed by atoms with Crippen LogP contribution in [0.3, 0.4) is 0 Å². The van der Waals surface area contributed by atoms with E-state index in [4.69, 9.17) is 11.6 Å². The summed E-state index contributed by atoms with van der Waals surface area (Å²) in [6.07, 6.45) is 1.77. The third-order valence-electron chi connectivity index (χ3n) is 3.25. The van der Waals surface area contributed by atoms with Crippen LogP contribution in [-0.2, 0) is 0 Å². The number of aromatic nitrogens is 2. The summed E-state index contributed by atoms with van der Waals surface area (Å²) in [6.45, 7) is 0. The number of thiazole rings is 1. The minimum Gasteiger partial charge on any atom is -0.330 e. The standard InChI is InChI=1S/C16H10ClN3S/c17-11-7-8-13(15-10(11)4-3-9-18-15)20-16-19-12-5-1-2-6-14(12)21-16/h1-9H,(H,19,20). The summed E-state index contributed by atoms with van der Waals surface area (Å²) in [7, 11) is 0. The zero-order chi connectivity index (χ0) is 14.2. The molecule has 4 aromatic rings. The molecule has 2 heterocycles. The smallest absolute Gasteiger partial charge is 0.188 e. The minimum atomic E-state index is 0.702. The molecule has 2 aromatic carbocycles. The van der Waals surface area contributed by atoms with Crippen LogP contribution < -0.4 is 5.32 Å². The summed E-state index contributed by atoms with van der Waals surface area (Å²) in [5.41, 5.74) is 2.76. The Hall–Kier alpha value is -2.17. The molecule has 5 heteroatoms. The van der Waals surface area contributed by atoms with E-state index >= 15 is 0 Å². The first kappa shape index (κ1) is 12.6. The molecular formula is C16H10ClN3S. The number of hydrogen-bond donors (Lipinski definition) is 1. The molecule has 0 aliphatic carbocycles. The average Bonchev–Trinajstić information content (AvgIpc) is 2.93. The maximum absolute atomic E-state index is 6.22. The second kappa shape index (κ2) is 4.98. The van der Waals surface area contributed by atoms with Crippen LogP contribution in [0.15, 0.2) is 54.7 Å². The third-order valence-corrected chi connectivity index (χ3v) is 4.53. The van der Waals surface area contributed by atoms with E-state index in [2.05, 4.69) is 21.4 Å². The van der Waals surface area contributed by atoms with Gasteiger partial charge in [0, 0.05) is 11.6 Å². The van der Waals surface area contributed by atoms with Gasteiger partial charge in [0.25, 0.3) is 0 Å². The summed E-state index contributed by atoms with van der Waals surface area (Å²) in [4.78, 5) is 9.01. The van der Waals surface area contributed by atoms with Crippen LogP contribution in [0.5, 0.6) is 0 Å². The summed E-state index contributed by atoms with van der Waals surface area (Å²) < 4.78 is 1.16. The number of anilines is 2. The Morgan fingerprint density at radius 1 is 1.00 bits per heavy atom. The Kier molecular flexibility index (Phi) is 2.98. The van der Waals surface area contributed by atoms with E-state index in [0.717, 1.165) is 31.9 Å². The SMILES string of the molecule is Clc1ccc(Nc2nc3ccccc3s2)c2ncccc12. The topological polar surface area (TPSA) is 37.8 Å². The molecule has 0 unspecified atom stereocenters. The van der Waals surface area contributed by atoms with E-state index in [9.17, 15) is 0 Å². The van der Waals surface area contributed by atoms with Crippen molar-refractivity contribution in [3.8, 4) is 0 Å². The van der Waals surface area contributed by atoms with Crippen molar-refractivity contribution in [1.29, 1.82) is 0 Å². The molecule has 21 heavy (non-hydrogen) atoms. The molecule has 0 radical (unpaired) electrons. The van der Waals surface area contributed by atoms with Gasteiger partial charge in [-0.1, -0.05) is 35.1 Å². The van der Waals surface area contributed by atoms with E-state index in [1.807, 2.05) is 42.5 Å². The number of hydrogen-bond acceptors (Lipinski definition) is 4. The van der Waals surface area contributed by atoms with Gasteiger partial charge in [0.15, 0.2) is 5.13 Å². The van der Waals surface area contributed by atoms with Gasteiger partial charge in [-0.05, 0) is 36.4 Å². The van der Waals surface area contributed by atoms with Gasteiger partial charge >= 0.3 is 0 Å². The van der Waals surface area contributed by atoms with Gasteiger partial charge in [-0.25, -0.2) is 4.98 Å². The van der Waals surface area contributed by atoms with E-state index in [1.165, 1.54) is 0 Å². The fourth-order valence-electron chi connectivity index (χ4n) is 2.28. The fraction of sp³-hybridized carbons (Fsp3) is 0. The fourth-order valence-corrected chi connectivity index (χ4v) is 3.37. The summed E-state index contributed by atoms with van der Waals surface area (Å²) in [5.74, 6) is 0. The zero-order valence-corrected chi connectivity index (χ0v) is 12.4. The quantitative estimate of drug-likeness (QED) is 0.550. The van der Waals surface area contributed by atoms with E-state index < -0.39 is 0 Å². The summed E-state index contributed by atoms with van der Waals surface area (Å²) in [6, 6.07) is 15.7. The highest BCUT2D eigenvalue weighted by atomic mass is 35.5. The molecule has 1 N–H and O–H groups in total. The maximum atomic E-state index is 6.22. The van der Waals surface area contributed by atoms with Crippen molar-refractivity contribution in [3.63, 3.8) is 0 Å². The zero-order valence-electron chi connectivity index (χ0n) is 10.9. The van der Waals surface area contributed by atoms with Gasteiger partial charge in [0.1, 0.15) is 0 Å². The lowest BCUT2D eigenvalue weighted by Gasteiger charge is -2.07. The summed E-state index contributed by atoms with van der Waals surface area (Å²) in [5, 5.41) is 5.84. The normalized spacial score (nSPS) is 11.1. The first-order valence-corrected chi connectivity index (χ1v) is 7.66. The Morgan fingerprint density at radius 3 is 2.81 bits per heavy atom. The molecule has 0 saturated carbocycles. The van der Waals surface area contributed by atoms with Gasteiger partial charge < -0.3 is 5.32 Å². The molecule has 0 aliphatic rings. The molecule has 0 fully saturated rings. The molecular weight excluding hydrogens is 302 g/mol. The highest BCUT2D eigenvalue weighted by Crippen LogP contribution is 2.32. The van der Waals surface area contributed by atoms with Gasteiger partial charge in [-0.15, -0.1) is 0 Å². The lowest BCUT2D eigenvalue weighted by Crippen LogP contribution is -1.92. The van der Waals surface area contributed by atoms with Crippen molar-refractivity contribution in [2.24, 2.45) is 0 Å². The van der Waals surface area contributed by atoms with Crippen LogP contribution in [0, 0.1) is 0 Å². The molecule has 0 bridgehead atoms. The average molecular weight is 312 g/mol. The highest BCUT2D eigenvalue weighted by Gasteiger charge is 2.08. The number of fused-ring (bicyclic) bond motifs is 2. The Balaban J connectivity index is 1.82. The Bertz CT molecular complexity index is 915. The summed E-state index contributed by atoms with van der Waals surface area (Å²) >= 11 is 7.84. The molecule has 0 spiro atoms. The van der Waals surface area contributed by atoms with Crippen LogP contribution in [0.1, 0.15) is 0 Å². The minimum absolute atomic E-state index is 0.702. The van der Waals surface area contributed by atoms with E-state index in [-0.39, 0.29) is 0 Å². The maximum Gasteiger partial charge on any atom is 0.188 e. The predicted molar refractivity (Wildman–Crippen MR) is 89.7 cm³/mol. The number of para-hydroxylation sites is 1. The van der Waals surface area contributed by atoms with Gasteiger partial charge in [-0.2, -0.15) is 0 Å². The van der Waals surface area contributed by atoms with Crippen molar-refractivity contribution >= 4 is 54.9 Å². The largest absolute Gasteiger partial charge is 0.330 e. The van der Waals surface area contributed by atoms with Crippen LogP contribution in [0.4, 0.5) is 10.8 Å². The van der Waals surface area contributed by atoms with Crippen LogP contribution >= 0.6 is 22.9 Å². The second-order valence-electron chi connectivity index (χ2n) is 4.61. The number of benzene rings is 2. The van der Waals surface area contributed by atoms with Gasteiger partial charge in [0.2, 0.25) is 0 Å². The van der Waals surface area contributed by atoms with Gasteiger partial charge in [0.05, 0.1) is 26.4 Å². The molecule has 0 atom stereocenters. The predicted octanol–water partition coefficient (Wildman–Crippen LogP) is 5.24. The van der Waals surface area contributed by atoms with Gasteiger partial charge in [-0.3, -0.25) is 4.98 Å². The van der Waals surface area contributed by atoms with E-state index in [0.29, 0.717) is 5.02 Å². The van der Waals surface area contributed by atoms with Crippen molar-refractivity contribution in [2.45, 2.75) is 0 Å². The molecule has 0 amide bonds. The number of nitrogens with one attached hydrogen (secondary N) is 1. The Morgan fingerprint density at radius 2 is 1.90 bits per heavy atom. The third kappa shape index (κ3) is 2.22. The van der Waals surface area contributed by atoms with Crippen molar-refractivity contribution in [1.82, 2.24) is 9.97 Å². The van der Waals surface area contributed by atoms with Crippen molar-refractivity contribution in [3.05, 3.63) is 59.8 Å². The first-order valence-electron chi connectivity index (χ1n) is 6.47. The molecule has 102 valence electrons. The van der Waals surface area contributed by atoms with Crippen molar-refractivity contribution < 1.29 is 0 Å². The van der Waals surface area contributed by atoms with Crippen molar-refractivity contribution in [2.75, 3.05) is 5.32 Å². The monoisotopic (exact) mass is 311 g/mol. The Labute approximate surface area is 130 Å². The van der Waals surface area contributed by atoms with E-state index in [1.54, 1.807) is 17.5 Å². The van der Waals surface area contributed by atoms with Crippen LogP contribution in [-0.4, -0.2) is 9.97 Å². The number of pyridine rings is 1.